The smallest absolute Gasteiger partial charge is 0.155 e. The van der Waals surface area contributed by atoms with E-state index in [1.165, 1.54) is 0 Å². The molecule has 0 heterocycles. The van der Waals surface area contributed by atoms with E-state index in [2.05, 4.69) is 24.3 Å². The number of carbonyl (C=O) groups is 1. The van der Waals surface area contributed by atoms with Crippen molar-refractivity contribution in [1.82, 2.24) is 0 Å². The molecule has 4 unspecified atom stereocenters. The zero-order valence-corrected chi connectivity index (χ0v) is 11.7. The molecule has 4 aliphatic rings. The lowest BCUT2D eigenvalue weighted by molar-refractivity contribution is -0.128. The van der Waals surface area contributed by atoms with Gasteiger partial charge in [-0.05, 0) is 25.0 Å². The number of rotatable bonds is 1. The molecule has 5 rings (SSSR count). The summed E-state index contributed by atoms with van der Waals surface area (Å²) in [7, 11) is 0. The van der Waals surface area contributed by atoms with E-state index in [-0.39, 0.29) is 11.7 Å². The molecule has 2 saturated carbocycles. The molecule has 1 aromatic rings. The van der Waals surface area contributed by atoms with Crippen molar-refractivity contribution in [2.24, 2.45) is 16.7 Å². The van der Waals surface area contributed by atoms with Crippen LogP contribution in [0.15, 0.2) is 48.1 Å². The zero-order chi connectivity index (χ0) is 13.5. The van der Waals surface area contributed by atoms with Gasteiger partial charge in [0.2, 0.25) is 0 Å². The average Bonchev–Trinajstić information content (AvgIpc) is 2.89. The van der Waals surface area contributed by atoms with Crippen LogP contribution in [0, 0.1) is 16.7 Å². The first-order valence-corrected chi connectivity index (χ1v) is 7.04. The maximum atomic E-state index is 12.7. The second-order valence-corrected chi connectivity index (χ2v) is 6.85. The Bertz CT molecular complexity index is 659. The van der Waals surface area contributed by atoms with E-state index in [9.17, 15) is 4.79 Å². The van der Waals surface area contributed by atoms with Gasteiger partial charge in [-0.25, -0.2) is 0 Å². The highest BCUT2D eigenvalue weighted by atomic mass is 35.5. The van der Waals surface area contributed by atoms with Crippen LogP contribution < -0.4 is 0 Å². The third-order valence-corrected chi connectivity index (χ3v) is 6.18. The molecular formula is C17H15ClO. The minimum absolute atomic E-state index is 0.172. The first kappa shape index (κ1) is 11.5. The maximum Gasteiger partial charge on any atom is 0.155 e. The summed E-state index contributed by atoms with van der Waals surface area (Å²) < 4.78 is 0. The van der Waals surface area contributed by atoms with Crippen LogP contribution in [0.5, 0.6) is 0 Å². The van der Waals surface area contributed by atoms with E-state index in [1.54, 1.807) is 0 Å². The van der Waals surface area contributed by atoms with E-state index in [1.807, 2.05) is 38.1 Å². The van der Waals surface area contributed by atoms with Crippen LogP contribution in [-0.4, -0.2) is 10.7 Å². The molecule has 2 fully saturated rings. The van der Waals surface area contributed by atoms with E-state index >= 15 is 0 Å². The molecule has 4 bridgehead atoms. The predicted octanol–water partition coefficient (Wildman–Crippen LogP) is 3.84. The second kappa shape index (κ2) is 3.04. The summed E-state index contributed by atoms with van der Waals surface area (Å²) in [6.45, 7) is 4.01. The normalized spacial score (nSPS) is 47.8. The van der Waals surface area contributed by atoms with Gasteiger partial charge in [-0.15, -0.1) is 11.6 Å². The number of carbonyl (C=O) groups excluding carboxylic acids is 1. The Hall–Kier alpha value is -1.34. The van der Waals surface area contributed by atoms with Gasteiger partial charge in [-0.2, -0.15) is 0 Å². The first-order chi connectivity index (χ1) is 8.95. The van der Waals surface area contributed by atoms with Crippen molar-refractivity contribution in [2.45, 2.75) is 18.7 Å². The summed E-state index contributed by atoms with van der Waals surface area (Å²) in [5.74, 6) is 0.454. The second-order valence-electron chi connectivity index (χ2n) is 6.25. The van der Waals surface area contributed by atoms with Gasteiger partial charge in [0, 0.05) is 5.92 Å². The highest BCUT2D eigenvalue weighted by molar-refractivity contribution is 6.37. The highest BCUT2D eigenvalue weighted by Crippen LogP contribution is 2.82. The molecule has 0 aromatic heterocycles. The van der Waals surface area contributed by atoms with Crippen LogP contribution in [-0.2, 0) is 4.79 Å². The Morgan fingerprint density at radius 3 is 2.47 bits per heavy atom. The number of hydrogen-bond acceptors (Lipinski definition) is 1. The van der Waals surface area contributed by atoms with Crippen molar-refractivity contribution in [3.05, 3.63) is 53.6 Å². The number of hydrogen-bond donors (Lipinski definition) is 0. The molecule has 0 aliphatic heterocycles. The van der Waals surface area contributed by atoms with E-state index in [4.69, 9.17) is 11.6 Å². The number of Topliss-reactive ketones (excluding diaryl/α,β-unsaturated/α-hetero) is 1. The standard InChI is InChI=1S/C17H15ClO/c1-15-9-8-12-16(2,14(15)19)17(12,18)13(15)10-11-6-4-3-5-7-11/h3-10,12H,1-2H3/b13-10-. The van der Waals surface area contributed by atoms with Crippen LogP contribution in [0.25, 0.3) is 6.08 Å². The van der Waals surface area contributed by atoms with Crippen LogP contribution in [0.2, 0.25) is 0 Å². The highest BCUT2D eigenvalue weighted by Gasteiger charge is 2.87. The molecule has 1 nitrogen and oxygen atoms in total. The number of benzene rings is 1. The molecule has 0 radical (unpaired) electrons. The first-order valence-electron chi connectivity index (χ1n) is 6.66. The van der Waals surface area contributed by atoms with Crippen LogP contribution in [0.1, 0.15) is 19.4 Å². The van der Waals surface area contributed by atoms with Gasteiger partial charge in [-0.3, -0.25) is 4.79 Å². The molecule has 0 amide bonds. The monoisotopic (exact) mass is 270 g/mol. The van der Waals surface area contributed by atoms with Gasteiger partial charge in [0.1, 0.15) is 0 Å². The lowest BCUT2D eigenvalue weighted by Gasteiger charge is -2.31. The van der Waals surface area contributed by atoms with Crippen LogP contribution >= 0.6 is 11.6 Å². The number of allylic oxidation sites excluding steroid dienone is 3. The summed E-state index contributed by atoms with van der Waals surface area (Å²) >= 11 is 6.84. The fourth-order valence-electron chi connectivity index (χ4n) is 4.15. The van der Waals surface area contributed by atoms with E-state index in [0.717, 1.165) is 11.1 Å². The van der Waals surface area contributed by atoms with Gasteiger partial charge in [0.15, 0.2) is 5.78 Å². The summed E-state index contributed by atoms with van der Waals surface area (Å²) in [5.41, 5.74) is 1.29. The Balaban J connectivity index is 1.94. The number of ketones is 1. The van der Waals surface area contributed by atoms with Gasteiger partial charge in [0.25, 0.3) is 0 Å². The number of halogens is 1. The third-order valence-electron chi connectivity index (χ3n) is 5.35. The quantitative estimate of drug-likeness (QED) is 0.560. The van der Waals surface area contributed by atoms with E-state index < -0.39 is 15.7 Å². The van der Waals surface area contributed by atoms with Crippen molar-refractivity contribution in [1.29, 1.82) is 0 Å². The lowest BCUT2D eigenvalue weighted by Crippen LogP contribution is -2.33. The summed E-state index contributed by atoms with van der Waals surface area (Å²) in [6.07, 6.45) is 6.29. The topological polar surface area (TPSA) is 17.1 Å². The van der Waals surface area contributed by atoms with Crippen molar-refractivity contribution in [2.75, 3.05) is 0 Å². The average molecular weight is 271 g/mol. The molecule has 4 aliphatic carbocycles. The van der Waals surface area contributed by atoms with Gasteiger partial charge in [-0.1, -0.05) is 48.6 Å². The van der Waals surface area contributed by atoms with Gasteiger partial charge >= 0.3 is 0 Å². The molecule has 2 heteroatoms. The molecular weight excluding hydrogens is 256 g/mol. The molecule has 4 atom stereocenters. The number of alkyl halides is 1. The van der Waals surface area contributed by atoms with E-state index in [0.29, 0.717) is 0 Å². The molecule has 19 heavy (non-hydrogen) atoms. The zero-order valence-electron chi connectivity index (χ0n) is 11.0. The minimum Gasteiger partial charge on any atom is -0.298 e. The molecule has 0 spiro atoms. The molecule has 1 aromatic carbocycles. The van der Waals surface area contributed by atoms with Crippen molar-refractivity contribution < 1.29 is 4.79 Å². The Morgan fingerprint density at radius 2 is 1.89 bits per heavy atom. The van der Waals surface area contributed by atoms with Crippen molar-refractivity contribution >= 4 is 23.5 Å². The van der Waals surface area contributed by atoms with Crippen molar-refractivity contribution in [3.8, 4) is 0 Å². The summed E-state index contributed by atoms with van der Waals surface area (Å²) in [5, 5.41) is 0. The van der Waals surface area contributed by atoms with Crippen molar-refractivity contribution in [3.63, 3.8) is 0 Å². The fraction of sp³-hybridized carbons (Fsp3) is 0.353. The molecule has 0 saturated heterocycles. The lowest BCUT2D eigenvalue weighted by atomic mass is 9.71. The Labute approximate surface area is 118 Å². The largest absolute Gasteiger partial charge is 0.298 e. The van der Waals surface area contributed by atoms with Crippen LogP contribution in [0.4, 0.5) is 0 Å². The SMILES string of the molecule is CC12C=CC3C(C)(C1=O)C3(Cl)/C2=C\c1ccccc1. The predicted molar refractivity (Wildman–Crippen MR) is 76.9 cm³/mol. The Kier molecular flexibility index (Phi) is 1.84. The third kappa shape index (κ3) is 1.01. The molecule has 96 valence electrons. The summed E-state index contributed by atoms with van der Waals surface area (Å²) in [6, 6.07) is 10.1. The summed E-state index contributed by atoms with van der Waals surface area (Å²) in [4.78, 5) is 12.2. The molecule has 0 N–H and O–H groups in total. The fourth-order valence-corrected chi connectivity index (χ4v) is 4.84. The Morgan fingerprint density at radius 1 is 1.21 bits per heavy atom. The maximum absolute atomic E-state index is 12.7. The van der Waals surface area contributed by atoms with Crippen LogP contribution in [0.3, 0.4) is 0 Å². The van der Waals surface area contributed by atoms with Gasteiger partial charge in [0.05, 0.1) is 15.7 Å². The minimum atomic E-state index is -0.513. The van der Waals surface area contributed by atoms with Gasteiger partial charge < -0.3 is 0 Å².